The molecule has 0 aromatic rings. The Morgan fingerprint density at radius 3 is 1.50 bits per heavy atom. The van der Waals surface area contributed by atoms with Gasteiger partial charge in [0.1, 0.15) is 0 Å². The normalized spacial score (nSPS) is 41.6. The molecule has 0 heterocycles. The van der Waals surface area contributed by atoms with Gasteiger partial charge in [-0.1, -0.05) is 12.2 Å². The predicted octanol–water partition coefficient (Wildman–Crippen LogP) is 6.77. The van der Waals surface area contributed by atoms with Gasteiger partial charge in [-0.25, -0.2) is 0 Å². The average Bonchev–Trinajstić information content (AvgIpc) is 2.64. The van der Waals surface area contributed by atoms with Gasteiger partial charge in [0.2, 0.25) is 0 Å². The molecule has 0 spiro atoms. The predicted molar refractivity (Wildman–Crippen MR) is 103 cm³/mol. The molecule has 3 aliphatic carbocycles. The molecule has 0 radical (unpaired) electrons. The summed E-state index contributed by atoms with van der Waals surface area (Å²) in [7, 11) is 0. The van der Waals surface area contributed by atoms with Crippen molar-refractivity contribution in [1.29, 1.82) is 0 Å². The largest absolute Gasteiger partial charge is 0.379 e. The van der Waals surface area contributed by atoms with Gasteiger partial charge in [-0.2, -0.15) is 0 Å². The van der Waals surface area contributed by atoms with Gasteiger partial charge >= 0.3 is 0 Å². The Balaban J connectivity index is 1.37. The zero-order valence-corrected chi connectivity index (χ0v) is 16.2. The van der Waals surface area contributed by atoms with E-state index in [9.17, 15) is 0 Å². The Morgan fingerprint density at radius 2 is 1.08 bits per heavy atom. The highest BCUT2D eigenvalue weighted by atomic mass is 16.5. The van der Waals surface area contributed by atoms with Crippen molar-refractivity contribution in [2.75, 3.05) is 6.61 Å². The lowest BCUT2D eigenvalue weighted by Crippen LogP contribution is -2.31. The maximum absolute atomic E-state index is 5.84. The topological polar surface area (TPSA) is 9.23 Å². The van der Waals surface area contributed by atoms with Gasteiger partial charge in [0.05, 0.1) is 6.10 Å². The van der Waals surface area contributed by atoms with Crippen LogP contribution in [-0.2, 0) is 4.74 Å². The fraction of sp³-hybridized carbons (Fsp3) is 0.913. The standard InChI is InChI=1S/C23H40O/c1-3-5-18-6-8-19(9-7-18)20-10-12-21(13-11-20)22-14-16-23(17-15-22)24-4-2/h3,5,18-23H,4,6-17H2,1-2H3/b5-3+. The minimum absolute atomic E-state index is 0.579. The van der Waals surface area contributed by atoms with Gasteiger partial charge in [0, 0.05) is 6.61 Å². The number of hydrogen-bond donors (Lipinski definition) is 0. The van der Waals surface area contributed by atoms with Gasteiger partial charge in [0.15, 0.2) is 0 Å². The molecule has 3 rings (SSSR count). The molecule has 1 nitrogen and oxygen atoms in total. The van der Waals surface area contributed by atoms with Crippen molar-refractivity contribution in [2.24, 2.45) is 29.6 Å². The van der Waals surface area contributed by atoms with Crippen molar-refractivity contribution >= 4 is 0 Å². The summed E-state index contributed by atoms with van der Waals surface area (Å²) < 4.78 is 5.84. The number of allylic oxidation sites excluding steroid dienone is 2. The van der Waals surface area contributed by atoms with E-state index in [1.165, 1.54) is 77.0 Å². The van der Waals surface area contributed by atoms with Crippen LogP contribution in [0.3, 0.4) is 0 Å². The summed E-state index contributed by atoms with van der Waals surface area (Å²) in [4.78, 5) is 0. The van der Waals surface area contributed by atoms with E-state index in [0.717, 1.165) is 36.2 Å². The van der Waals surface area contributed by atoms with Crippen LogP contribution in [-0.4, -0.2) is 12.7 Å². The molecule has 138 valence electrons. The molecule has 0 aliphatic heterocycles. The Labute approximate surface area is 150 Å². The maximum Gasteiger partial charge on any atom is 0.0575 e. The summed E-state index contributed by atoms with van der Waals surface area (Å²) in [5.41, 5.74) is 0. The Kier molecular flexibility index (Phi) is 7.25. The van der Waals surface area contributed by atoms with Crippen LogP contribution in [0.2, 0.25) is 0 Å². The van der Waals surface area contributed by atoms with E-state index in [0.29, 0.717) is 6.10 Å². The van der Waals surface area contributed by atoms with Crippen LogP contribution in [0.15, 0.2) is 12.2 Å². The lowest BCUT2D eigenvalue weighted by molar-refractivity contribution is 0.0117. The van der Waals surface area contributed by atoms with E-state index in [1.54, 1.807) is 0 Å². The molecule has 0 saturated heterocycles. The molecule has 3 fully saturated rings. The Hall–Kier alpha value is -0.300. The van der Waals surface area contributed by atoms with Gasteiger partial charge in [0.25, 0.3) is 0 Å². The first-order valence-electron chi connectivity index (χ1n) is 11.0. The first kappa shape index (κ1) is 18.5. The molecule has 3 aliphatic rings. The van der Waals surface area contributed by atoms with E-state index < -0.39 is 0 Å². The van der Waals surface area contributed by atoms with Crippen molar-refractivity contribution in [2.45, 2.75) is 97.0 Å². The summed E-state index contributed by atoms with van der Waals surface area (Å²) in [6, 6.07) is 0. The van der Waals surface area contributed by atoms with Crippen LogP contribution in [0, 0.1) is 29.6 Å². The smallest absolute Gasteiger partial charge is 0.0575 e. The van der Waals surface area contributed by atoms with Crippen LogP contribution in [0.25, 0.3) is 0 Å². The highest BCUT2D eigenvalue weighted by Gasteiger charge is 2.34. The molecule has 0 N–H and O–H groups in total. The fourth-order valence-corrected chi connectivity index (χ4v) is 6.13. The van der Waals surface area contributed by atoms with E-state index >= 15 is 0 Å². The molecule has 0 aromatic heterocycles. The lowest BCUT2D eigenvalue weighted by Gasteiger charge is -2.41. The number of ether oxygens (including phenoxy) is 1. The van der Waals surface area contributed by atoms with Gasteiger partial charge in [-0.3, -0.25) is 0 Å². The van der Waals surface area contributed by atoms with E-state index in [2.05, 4.69) is 26.0 Å². The molecular weight excluding hydrogens is 292 g/mol. The minimum atomic E-state index is 0.579. The summed E-state index contributed by atoms with van der Waals surface area (Å²) in [5, 5.41) is 0. The van der Waals surface area contributed by atoms with E-state index in [1.807, 2.05) is 0 Å². The fourth-order valence-electron chi connectivity index (χ4n) is 6.13. The highest BCUT2D eigenvalue weighted by Crippen LogP contribution is 2.45. The summed E-state index contributed by atoms with van der Waals surface area (Å²) in [5.74, 6) is 5.08. The summed E-state index contributed by atoms with van der Waals surface area (Å²) in [6.07, 6.45) is 22.9. The van der Waals surface area contributed by atoms with Gasteiger partial charge < -0.3 is 4.74 Å². The van der Waals surface area contributed by atoms with Crippen LogP contribution >= 0.6 is 0 Å². The highest BCUT2D eigenvalue weighted by molar-refractivity contribution is 4.91. The monoisotopic (exact) mass is 332 g/mol. The lowest BCUT2D eigenvalue weighted by atomic mass is 9.65. The van der Waals surface area contributed by atoms with Crippen molar-refractivity contribution < 1.29 is 4.74 Å². The third-order valence-corrected chi connectivity index (χ3v) is 7.55. The van der Waals surface area contributed by atoms with Crippen LogP contribution in [0.4, 0.5) is 0 Å². The molecule has 0 unspecified atom stereocenters. The Morgan fingerprint density at radius 1 is 0.667 bits per heavy atom. The van der Waals surface area contributed by atoms with Gasteiger partial charge in [-0.15, -0.1) is 0 Å². The first-order valence-corrected chi connectivity index (χ1v) is 11.0. The molecular formula is C23H40O. The first-order chi connectivity index (χ1) is 11.8. The van der Waals surface area contributed by atoms with Gasteiger partial charge in [-0.05, 0) is 120 Å². The van der Waals surface area contributed by atoms with Crippen molar-refractivity contribution in [1.82, 2.24) is 0 Å². The third-order valence-electron chi connectivity index (χ3n) is 7.55. The molecule has 0 bridgehead atoms. The van der Waals surface area contributed by atoms with E-state index in [-0.39, 0.29) is 0 Å². The summed E-state index contributed by atoms with van der Waals surface area (Å²) in [6.45, 7) is 5.21. The SMILES string of the molecule is C/C=C/C1CCC(C2CCC(C3CCC(OCC)CC3)CC2)CC1. The zero-order valence-electron chi connectivity index (χ0n) is 16.2. The minimum Gasteiger partial charge on any atom is -0.379 e. The molecule has 0 amide bonds. The van der Waals surface area contributed by atoms with Crippen LogP contribution in [0.1, 0.15) is 90.9 Å². The van der Waals surface area contributed by atoms with Crippen molar-refractivity contribution in [3.63, 3.8) is 0 Å². The molecule has 0 aromatic carbocycles. The molecule has 24 heavy (non-hydrogen) atoms. The average molecular weight is 333 g/mol. The van der Waals surface area contributed by atoms with Crippen molar-refractivity contribution in [3.8, 4) is 0 Å². The zero-order chi connectivity index (χ0) is 16.8. The second-order valence-electron chi connectivity index (χ2n) is 8.87. The van der Waals surface area contributed by atoms with Crippen LogP contribution < -0.4 is 0 Å². The maximum atomic E-state index is 5.84. The van der Waals surface area contributed by atoms with Crippen LogP contribution in [0.5, 0.6) is 0 Å². The number of rotatable bonds is 5. The quantitative estimate of drug-likeness (QED) is 0.505. The second kappa shape index (κ2) is 9.41. The molecule has 0 atom stereocenters. The molecule has 1 heteroatoms. The third kappa shape index (κ3) is 4.87. The Bertz CT molecular complexity index is 363. The summed E-state index contributed by atoms with van der Waals surface area (Å²) >= 11 is 0. The number of hydrogen-bond acceptors (Lipinski definition) is 1. The second-order valence-corrected chi connectivity index (χ2v) is 8.87. The van der Waals surface area contributed by atoms with E-state index in [4.69, 9.17) is 4.74 Å². The molecule has 3 saturated carbocycles. The van der Waals surface area contributed by atoms with Crippen molar-refractivity contribution in [3.05, 3.63) is 12.2 Å².